The van der Waals surface area contributed by atoms with Crippen LogP contribution < -0.4 is 0 Å². The molecule has 144 valence electrons. The maximum atomic E-state index is 11.8. The van der Waals surface area contributed by atoms with E-state index in [1.165, 1.54) is 4.90 Å². The second kappa shape index (κ2) is 7.89. The van der Waals surface area contributed by atoms with Gasteiger partial charge in [-0.05, 0) is 23.8 Å². The van der Waals surface area contributed by atoms with E-state index in [-0.39, 0.29) is 17.9 Å². The SMILES string of the molecule is CN(C)C(=O)C[C@@H](O)c1cc2n(n1)CCN(Cc1ccc(C(=O)O)cc1)C2. The number of rotatable bonds is 6. The number of nitrogens with zero attached hydrogens (tertiary/aromatic N) is 4. The highest BCUT2D eigenvalue weighted by Crippen LogP contribution is 2.22. The summed E-state index contributed by atoms with van der Waals surface area (Å²) in [5, 5.41) is 23.7. The van der Waals surface area contributed by atoms with E-state index in [0.29, 0.717) is 25.3 Å². The molecule has 0 aliphatic carbocycles. The van der Waals surface area contributed by atoms with E-state index >= 15 is 0 Å². The lowest BCUT2D eigenvalue weighted by molar-refractivity contribution is -0.130. The van der Waals surface area contributed by atoms with Crippen LogP contribution in [-0.2, 0) is 24.4 Å². The third-order valence-electron chi connectivity index (χ3n) is 4.71. The van der Waals surface area contributed by atoms with Crippen molar-refractivity contribution in [2.75, 3.05) is 20.6 Å². The fourth-order valence-corrected chi connectivity index (χ4v) is 3.10. The van der Waals surface area contributed by atoms with Gasteiger partial charge in [0.1, 0.15) is 6.10 Å². The van der Waals surface area contributed by atoms with Crippen LogP contribution in [0.4, 0.5) is 0 Å². The van der Waals surface area contributed by atoms with Crippen LogP contribution in [0.15, 0.2) is 30.3 Å². The maximum Gasteiger partial charge on any atom is 0.335 e. The molecule has 1 amide bonds. The molecule has 1 aliphatic heterocycles. The number of carbonyl (C=O) groups is 2. The number of amides is 1. The van der Waals surface area contributed by atoms with Crippen LogP contribution in [0.25, 0.3) is 0 Å². The van der Waals surface area contributed by atoms with Gasteiger partial charge in [-0.25, -0.2) is 4.79 Å². The van der Waals surface area contributed by atoms with E-state index in [1.54, 1.807) is 26.2 Å². The van der Waals surface area contributed by atoms with Gasteiger partial charge in [0.15, 0.2) is 0 Å². The minimum absolute atomic E-state index is 0.0170. The predicted molar refractivity (Wildman–Crippen MR) is 98.0 cm³/mol. The van der Waals surface area contributed by atoms with E-state index in [0.717, 1.165) is 17.8 Å². The van der Waals surface area contributed by atoms with Crippen LogP contribution in [0.3, 0.4) is 0 Å². The summed E-state index contributed by atoms with van der Waals surface area (Å²) in [6.45, 7) is 2.91. The standard InChI is InChI=1S/C19H24N4O4/c1-21(2)18(25)10-17(24)16-9-15-12-22(7-8-23(15)20-16)11-13-3-5-14(6-4-13)19(26)27/h3-6,9,17,24H,7-8,10-12H2,1-2H3,(H,26,27)/t17-/m1/s1. The Bertz CT molecular complexity index is 829. The zero-order chi connectivity index (χ0) is 19.6. The molecular formula is C19H24N4O4. The largest absolute Gasteiger partial charge is 0.478 e. The molecule has 0 saturated carbocycles. The highest BCUT2D eigenvalue weighted by atomic mass is 16.4. The summed E-state index contributed by atoms with van der Waals surface area (Å²) in [5.41, 5.74) is 2.84. The second-order valence-corrected chi connectivity index (χ2v) is 7.00. The number of aromatic nitrogens is 2. The molecule has 0 fully saturated rings. The van der Waals surface area contributed by atoms with Gasteiger partial charge in [-0.3, -0.25) is 14.4 Å². The highest BCUT2D eigenvalue weighted by Gasteiger charge is 2.23. The Morgan fingerprint density at radius 1 is 1.22 bits per heavy atom. The smallest absolute Gasteiger partial charge is 0.335 e. The Kier molecular flexibility index (Phi) is 5.57. The molecule has 8 nitrogen and oxygen atoms in total. The molecule has 1 aromatic heterocycles. The molecule has 3 rings (SSSR count). The first kappa shape index (κ1) is 19.1. The third-order valence-corrected chi connectivity index (χ3v) is 4.71. The van der Waals surface area contributed by atoms with Crippen molar-refractivity contribution in [2.45, 2.75) is 32.2 Å². The number of carbonyl (C=O) groups excluding carboxylic acids is 1. The molecule has 2 N–H and O–H groups in total. The predicted octanol–water partition coefficient (Wildman–Crippen LogP) is 1.11. The third kappa shape index (κ3) is 4.53. The Morgan fingerprint density at radius 3 is 2.56 bits per heavy atom. The molecule has 2 aromatic rings. The summed E-state index contributed by atoms with van der Waals surface area (Å²) >= 11 is 0. The number of fused-ring (bicyclic) bond motifs is 1. The molecular weight excluding hydrogens is 348 g/mol. The number of carboxylic acids is 1. The van der Waals surface area contributed by atoms with Gasteiger partial charge < -0.3 is 15.1 Å². The highest BCUT2D eigenvalue weighted by molar-refractivity contribution is 5.87. The van der Waals surface area contributed by atoms with Crippen LogP contribution in [0, 0.1) is 0 Å². The van der Waals surface area contributed by atoms with Crippen molar-refractivity contribution < 1.29 is 19.8 Å². The van der Waals surface area contributed by atoms with Gasteiger partial charge in [-0.15, -0.1) is 0 Å². The van der Waals surface area contributed by atoms with E-state index in [1.807, 2.05) is 22.9 Å². The number of aliphatic hydroxyl groups excluding tert-OH is 1. The minimum Gasteiger partial charge on any atom is -0.478 e. The quantitative estimate of drug-likeness (QED) is 0.788. The summed E-state index contributed by atoms with van der Waals surface area (Å²) in [6.07, 6.45) is -0.890. The maximum absolute atomic E-state index is 11.8. The molecule has 1 atom stereocenters. The van der Waals surface area contributed by atoms with Crippen molar-refractivity contribution in [2.24, 2.45) is 0 Å². The van der Waals surface area contributed by atoms with E-state index in [9.17, 15) is 14.7 Å². The van der Waals surface area contributed by atoms with Gasteiger partial charge in [0.2, 0.25) is 5.91 Å². The summed E-state index contributed by atoms with van der Waals surface area (Å²) < 4.78 is 1.88. The Balaban J connectivity index is 1.63. The molecule has 0 unspecified atom stereocenters. The number of hydrogen-bond donors (Lipinski definition) is 2. The van der Waals surface area contributed by atoms with Crippen LogP contribution in [0.5, 0.6) is 0 Å². The van der Waals surface area contributed by atoms with E-state index in [2.05, 4.69) is 10.00 Å². The Morgan fingerprint density at radius 2 is 1.93 bits per heavy atom. The summed E-state index contributed by atoms with van der Waals surface area (Å²) in [5.74, 6) is -1.07. The van der Waals surface area contributed by atoms with Crippen LogP contribution >= 0.6 is 0 Å². The topological polar surface area (TPSA) is 98.9 Å². The molecule has 8 heteroatoms. The fourth-order valence-electron chi connectivity index (χ4n) is 3.10. The summed E-state index contributed by atoms with van der Waals surface area (Å²) in [7, 11) is 3.32. The van der Waals surface area contributed by atoms with Crippen LogP contribution in [0.1, 0.15) is 39.8 Å². The first-order chi connectivity index (χ1) is 12.8. The fraction of sp³-hybridized carbons (Fsp3) is 0.421. The number of aromatic carboxylic acids is 1. The van der Waals surface area contributed by atoms with Crippen molar-refractivity contribution >= 4 is 11.9 Å². The monoisotopic (exact) mass is 372 g/mol. The molecule has 0 spiro atoms. The van der Waals surface area contributed by atoms with Crippen molar-refractivity contribution in [3.8, 4) is 0 Å². The molecule has 1 aromatic carbocycles. The lowest BCUT2D eigenvalue weighted by Gasteiger charge is -2.27. The van der Waals surface area contributed by atoms with Gasteiger partial charge in [0, 0.05) is 33.7 Å². The van der Waals surface area contributed by atoms with E-state index < -0.39 is 12.1 Å². The number of hydrogen-bond acceptors (Lipinski definition) is 5. The Hall–Kier alpha value is -2.71. The molecule has 2 heterocycles. The molecule has 27 heavy (non-hydrogen) atoms. The minimum atomic E-state index is -0.928. The summed E-state index contributed by atoms with van der Waals surface area (Å²) in [4.78, 5) is 26.4. The van der Waals surface area contributed by atoms with Gasteiger partial charge in [-0.1, -0.05) is 12.1 Å². The number of carboxylic acid groups (broad SMARTS) is 1. The first-order valence-corrected chi connectivity index (χ1v) is 8.83. The molecule has 1 aliphatic rings. The first-order valence-electron chi connectivity index (χ1n) is 8.83. The molecule has 0 bridgehead atoms. The lowest BCUT2D eigenvalue weighted by atomic mass is 10.1. The zero-order valence-electron chi connectivity index (χ0n) is 15.5. The zero-order valence-corrected chi connectivity index (χ0v) is 15.5. The summed E-state index contributed by atoms with van der Waals surface area (Å²) in [6, 6.07) is 8.74. The van der Waals surface area contributed by atoms with E-state index in [4.69, 9.17) is 5.11 Å². The normalized spacial score (nSPS) is 15.2. The number of benzene rings is 1. The molecule has 0 saturated heterocycles. The average Bonchev–Trinajstić information content (AvgIpc) is 3.05. The number of aliphatic hydroxyl groups is 1. The van der Waals surface area contributed by atoms with Crippen LogP contribution in [-0.4, -0.2) is 62.3 Å². The average molecular weight is 372 g/mol. The van der Waals surface area contributed by atoms with Gasteiger partial charge >= 0.3 is 5.97 Å². The van der Waals surface area contributed by atoms with Crippen molar-refractivity contribution in [3.63, 3.8) is 0 Å². The second-order valence-electron chi connectivity index (χ2n) is 7.00. The Labute approximate surface area is 157 Å². The lowest BCUT2D eigenvalue weighted by Crippen LogP contribution is -2.33. The van der Waals surface area contributed by atoms with Crippen molar-refractivity contribution in [1.29, 1.82) is 0 Å². The van der Waals surface area contributed by atoms with Crippen molar-refractivity contribution in [3.05, 3.63) is 52.8 Å². The van der Waals surface area contributed by atoms with Gasteiger partial charge in [-0.2, -0.15) is 5.10 Å². The van der Waals surface area contributed by atoms with Gasteiger partial charge in [0.25, 0.3) is 0 Å². The van der Waals surface area contributed by atoms with Crippen LogP contribution in [0.2, 0.25) is 0 Å². The van der Waals surface area contributed by atoms with Crippen molar-refractivity contribution in [1.82, 2.24) is 19.6 Å². The molecule has 0 radical (unpaired) electrons. The van der Waals surface area contributed by atoms with Gasteiger partial charge in [0.05, 0.1) is 29.9 Å².